The van der Waals surface area contributed by atoms with Gasteiger partial charge in [0, 0.05) is 16.4 Å². The molecule has 1 aromatic carbocycles. The van der Waals surface area contributed by atoms with Gasteiger partial charge in [-0.05, 0) is 18.2 Å². The van der Waals surface area contributed by atoms with Crippen molar-refractivity contribution in [2.75, 3.05) is 0 Å². The van der Waals surface area contributed by atoms with Crippen molar-refractivity contribution in [1.29, 1.82) is 0 Å². The average Bonchev–Trinajstić information content (AvgIpc) is 2.81. The first-order valence-electron chi connectivity index (χ1n) is 6.20. The molecule has 0 aliphatic carbocycles. The number of carbonyl (C=O) groups excluding carboxylic acids is 1. The van der Waals surface area contributed by atoms with Crippen molar-refractivity contribution in [1.82, 2.24) is 4.98 Å². The van der Waals surface area contributed by atoms with Crippen molar-refractivity contribution in [3.63, 3.8) is 0 Å². The van der Waals surface area contributed by atoms with Crippen LogP contribution in [0.1, 0.15) is 41.8 Å². The zero-order valence-corrected chi connectivity index (χ0v) is 13.9. The van der Waals surface area contributed by atoms with E-state index >= 15 is 0 Å². The van der Waals surface area contributed by atoms with E-state index in [1.807, 2.05) is 5.38 Å². The molecule has 106 valence electrons. The third-order valence-electron chi connectivity index (χ3n) is 2.87. The third-order valence-corrected chi connectivity index (χ3v) is 4.46. The van der Waals surface area contributed by atoms with Gasteiger partial charge >= 0.3 is 0 Å². The van der Waals surface area contributed by atoms with Gasteiger partial charge in [-0.2, -0.15) is 0 Å². The molecule has 0 fully saturated rings. The Labute approximate surface area is 132 Å². The molecule has 0 N–H and O–H groups in total. The number of Topliss-reactive ketones (excluding diaryl/α,β-unsaturated/α-hetero) is 1. The van der Waals surface area contributed by atoms with Crippen molar-refractivity contribution < 1.29 is 4.79 Å². The van der Waals surface area contributed by atoms with Crippen molar-refractivity contribution in [2.24, 2.45) is 0 Å². The van der Waals surface area contributed by atoms with Gasteiger partial charge in [0.15, 0.2) is 5.78 Å². The summed E-state index contributed by atoms with van der Waals surface area (Å²) >= 11 is 13.3. The lowest BCUT2D eigenvalue weighted by atomic mass is 9.93. The summed E-state index contributed by atoms with van der Waals surface area (Å²) in [5, 5.41) is 3.68. The van der Waals surface area contributed by atoms with Crippen LogP contribution in [0.5, 0.6) is 0 Å². The summed E-state index contributed by atoms with van der Waals surface area (Å²) in [7, 11) is 0. The van der Waals surface area contributed by atoms with E-state index in [9.17, 15) is 4.79 Å². The maximum absolute atomic E-state index is 12.2. The summed E-state index contributed by atoms with van der Waals surface area (Å²) in [6.07, 6.45) is 0.290. The van der Waals surface area contributed by atoms with E-state index in [0.717, 1.165) is 10.7 Å². The second-order valence-electron chi connectivity index (χ2n) is 5.61. The van der Waals surface area contributed by atoms with E-state index in [0.29, 0.717) is 22.0 Å². The van der Waals surface area contributed by atoms with Crippen LogP contribution in [-0.2, 0) is 11.8 Å². The van der Waals surface area contributed by atoms with Crippen molar-refractivity contribution >= 4 is 40.3 Å². The molecule has 0 unspecified atom stereocenters. The quantitative estimate of drug-likeness (QED) is 0.727. The largest absolute Gasteiger partial charge is 0.294 e. The van der Waals surface area contributed by atoms with Crippen LogP contribution in [-0.4, -0.2) is 10.8 Å². The number of hydrogen-bond acceptors (Lipinski definition) is 3. The van der Waals surface area contributed by atoms with Crippen LogP contribution < -0.4 is 0 Å². The van der Waals surface area contributed by atoms with E-state index in [1.165, 1.54) is 11.3 Å². The SMILES string of the molecule is CC(C)(C)c1csc(CC(=O)c2ccc(Cl)c(Cl)c2)n1. The fourth-order valence-corrected chi connectivity index (χ4v) is 2.96. The first-order valence-corrected chi connectivity index (χ1v) is 7.84. The van der Waals surface area contributed by atoms with Gasteiger partial charge in [-0.25, -0.2) is 4.98 Å². The Morgan fingerprint density at radius 3 is 2.50 bits per heavy atom. The highest BCUT2D eigenvalue weighted by atomic mass is 35.5. The predicted octanol–water partition coefficient (Wildman–Crippen LogP) is 5.17. The van der Waals surface area contributed by atoms with Gasteiger partial charge in [0.2, 0.25) is 0 Å². The van der Waals surface area contributed by atoms with E-state index in [1.54, 1.807) is 18.2 Å². The van der Waals surface area contributed by atoms with Crippen molar-refractivity contribution in [3.8, 4) is 0 Å². The lowest BCUT2D eigenvalue weighted by Gasteiger charge is -2.14. The number of rotatable bonds is 3. The number of carbonyl (C=O) groups is 1. The highest BCUT2D eigenvalue weighted by molar-refractivity contribution is 7.09. The Morgan fingerprint density at radius 1 is 1.25 bits per heavy atom. The second-order valence-corrected chi connectivity index (χ2v) is 7.36. The van der Waals surface area contributed by atoms with Crippen LogP contribution in [0, 0.1) is 0 Å². The molecule has 0 spiro atoms. The van der Waals surface area contributed by atoms with Gasteiger partial charge < -0.3 is 0 Å². The summed E-state index contributed by atoms with van der Waals surface area (Å²) in [6, 6.07) is 4.93. The molecule has 0 aliphatic heterocycles. The van der Waals surface area contributed by atoms with Crippen LogP contribution >= 0.6 is 34.5 Å². The highest BCUT2D eigenvalue weighted by Gasteiger charge is 2.18. The lowest BCUT2D eigenvalue weighted by Crippen LogP contribution is -2.12. The van der Waals surface area contributed by atoms with Crippen LogP contribution in [0.2, 0.25) is 10.0 Å². The normalized spacial score (nSPS) is 11.7. The van der Waals surface area contributed by atoms with Gasteiger partial charge in [-0.15, -0.1) is 11.3 Å². The molecule has 0 saturated carbocycles. The summed E-state index contributed by atoms with van der Waals surface area (Å²) in [5.41, 5.74) is 1.58. The van der Waals surface area contributed by atoms with Gasteiger partial charge in [-0.3, -0.25) is 4.79 Å². The molecule has 1 aromatic heterocycles. The van der Waals surface area contributed by atoms with Crippen LogP contribution in [0.15, 0.2) is 23.6 Å². The second kappa shape index (κ2) is 5.84. The predicted molar refractivity (Wildman–Crippen MR) is 85.3 cm³/mol. The van der Waals surface area contributed by atoms with Crippen LogP contribution in [0.4, 0.5) is 0 Å². The maximum Gasteiger partial charge on any atom is 0.169 e. The Kier molecular flexibility index (Phi) is 4.52. The van der Waals surface area contributed by atoms with Crippen molar-refractivity contribution in [2.45, 2.75) is 32.6 Å². The summed E-state index contributed by atoms with van der Waals surface area (Å²) in [5.74, 6) is -0.00150. The smallest absolute Gasteiger partial charge is 0.169 e. The van der Waals surface area contributed by atoms with Gasteiger partial charge in [0.05, 0.1) is 22.2 Å². The van der Waals surface area contributed by atoms with E-state index in [2.05, 4.69) is 25.8 Å². The van der Waals surface area contributed by atoms with E-state index in [-0.39, 0.29) is 11.2 Å². The topological polar surface area (TPSA) is 30.0 Å². The fourth-order valence-electron chi connectivity index (χ4n) is 1.65. The van der Waals surface area contributed by atoms with Gasteiger partial charge in [-0.1, -0.05) is 44.0 Å². The molecule has 5 heteroatoms. The van der Waals surface area contributed by atoms with E-state index in [4.69, 9.17) is 23.2 Å². The molecule has 2 aromatic rings. The minimum absolute atomic E-state index is 0.00137. The molecule has 0 radical (unpaired) electrons. The molecular weight excluding hydrogens is 313 g/mol. The zero-order chi connectivity index (χ0) is 14.9. The molecule has 0 amide bonds. The molecule has 0 atom stereocenters. The summed E-state index contributed by atoms with van der Waals surface area (Å²) in [6.45, 7) is 6.31. The van der Waals surface area contributed by atoms with Gasteiger partial charge in [0.1, 0.15) is 5.01 Å². The van der Waals surface area contributed by atoms with Crippen molar-refractivity contribution in [3.05, 3.63) is 49.9 Å². The first-order chi connectivity index (χ1) is 9.27. The maximum atomic E-state index is 12.2. The van der Waals surface area contributed by atoms with E-state index < -0.39 is 0 Å². The number of ketones is 1. The Hall–Kier alpha value is -0.900. The number of thiazole rings is 1. The Balaban J connectivity index is 2.15. The molecular formula is C15H15Cl2NOS. The number of nitrogens with zero attached hydrogens (tertiary/aromatic N) is 1. The van der Waals surface area contributed by atoms with Crippen LogP contribution in [0.25, 0.3) is 0 Å². The zero-order valence-electron chi connectivity index (χ0n) is 11.5. The first kappa shape index (κ1) is 15.5. The minimum Gasteiger partial charge on any atom is -0.294 e. The number of hydrogen-bond donors (Lipinski definition) is 0. The van der Waals surface area contributed by atoms with Crippen LogP contribution in [0.3, 0.4) is 0 Å². The number of aromatic nitrogens is 1. The number of halogens is 2. The average molecular weight is 328 g/mol. The molecule has 0 saturated heterocycles. The molecule has 2 nitrogen and oxygen atoms in total. The molecule has 20 heavy (non-hydrogen) atoms. The highest BCUT2D eigenvalue weighted by Crippen LogP contribution is 2.26. The number of benzene rings is 1. The van der Waals surface area contributed by atoms with Gasteiger partial charge in [0.25, 0.3) is 0 Å². The molecule has 0 bridgehead atoms. The molecule has 0 aliphatic rings. The summed E-state index contributed by atoms with van der Waals surface area (Å²) in [4.78, 5) is 16.7. The Bertz CT molecular complexity index is 644. The molecule has 1 heterocycles. The monoisotopic (exact) mass is 327 g/mol. The fraction of sp³-hybridized carbons (Fsp3) is 0.333. The summed E-state index contributed by atoms with van der Waals surface area (Å²) < 4.78 is 0. The third kappa shape index (κ3) is 3.60. The molecule has 2 rings (SSSR count). The minimum atomic E-state index is -0.00150. The lowest BCUT2D eigenvalue weighted by molar-refractivity contribution is 0.0993. The Morgan fingerprint density at radius 2 is 1.95 bits per heavy atom. The standard InChI is InChI=1S/C15H15Cl2NOS/c1-15(2,3)13-8-20-14(18-13)7-12(19)9-4-5-10(16)11(17)6-9/h4-6,8H,7H2,1-3H3.